The summed E-state index contributed by atoms with van der Waals surface area (Å²) in [4.78, 5) is 4.02. The first-order valence-electron chi connectivity index (χ1n) is 5.92. The zero-order valence-electron chi connectivity index (χ0n) is 10.4. The van der Waals surface area contributed by atoms with Gasteiger partial charge in [0.2, 0.25) is 0 Å². The minimum absolute atomic E-state index is 0.145. The number of nitrogens with one attached hydrogen (secondary N) is 1. The van der Waals surface area contributed by atoms with Crippen LogP contribution in [0.1, 0.15) is 5.56 Å². The smallest absolute Gasteiger partial charge is 0.416 e. The van der Waals surface area contributed by atoms with Gasteiger partial charge in [-0.25, -0.2) is 0 Å². The molecule has 3 rings (SSSR count). The van der Waals surface area contributed by atoms with Crippen LogP contribution in [-0.2, 0) is 6.18 Å². The fourth-order valence-electron chi connectivity index (χ4n) is 1.81. The molecule has 1 heterocycles. The number of nitrogens with zero attached hydrogens (tertiary/aromatic N) is 1. The van der Waals surface area contributed by atoms with Gasteiger partial charge in [-0.3, -0.25) is 0 Å². The molecule has 0 aliphatic heterocycles. The highest BCUT2D eigenvalue weighted by molar-refractivity contribution is 9.10. The summed E-state index contributed by atoms with van der Waals surface area (Å²) in [5.74, 6) is 0. The molecule has 0 bridgehead atoms. The maximum absolute atomic E-state index is 12.6. The largest absolute Gasteiger partial charge is 0.423 e. The minimum atomic E-state index is -4.40. The molecule has 1 aromatic heterocycles. The van der Waals surface area contributed by atoms with Gasteiger partial charge in [-0.05, 0) is 42.5 Å². The van der Waals surface area contributed by atoms with Crippen molar-refractivity contribution in [1.82, 2.24) is 4.98 Å². The molecule has 0 saturated carbocycles. The van der Waals surface area contributed by atoms with E-state index in [1.165, 1.54) is 6.07 Å². The third kappa shape index (κ3) is 3.02. The second kappa shape index (κ2) is 5.07. The van der Waals surface area contributed by atoms with E-state index >= 15 is 0 Å². The molecule has 3 nitrogen and oxygen atoms in total. The van der Waals surface area contributed by atoms with Crippen molar-refractivity contribution in [2.24, 2.45) is 0 Å². The Kier molecular flexibility index (Phi) is 3.36. The van der Waals surface area contributed by atoms with E-state index < -0.39 is 11.7 Å². The lowest BCUT2D eigenvalue weighted by atomic mass is 10.2. The fraction of sp³-hybridized carbons (Fsp3) is 0.0714. The van der Waals surface area contributed by atoms with Crippen molar-refractivity contribution in [2.75, 3.05) is 5.32 Å². The van der Waals surface area contributed by atoms with Gasteiger partial charge in [0, 0.05) is 10.2 Å². The first-order valence-corrected chi connectivity index (χ1v) is 6.71. The van der Waals surface area contributed by atoms with Crippen molar-refractivity contribution in [3.05, 3.63) is 52.5 Å². The van der Waals surface area contributed by atoms with Crippen LogP contribution in [0.25, 0.3) is 11.1 Å². The third-order valence-electron chi connectivity index (χ3n) is 2.81. The van der Waals surface area contributed by atoms with Gasteiger partial charge >= 0.3 is 6.18 Å². The third-order valence-corrected chi connectivity index (χ3v) is 3.34. The number of oxazole rings is 1. The summed E-state index contributed by atoms with van der Waals surface area (Å²) in [5, 5.41) is 2.90. The Morgan fingerprint density at radius 2 is 1.76 bits per heavy atom. The van der Waals surface area contributed by atoms with Gasteiger partial charge in [0.25, 0.3) is 6.01 Å². The highest BCUT2D eigenvalue weighted by Crippen LogP contribution is 2.32. The second-order valence-electron chi connectivity index (χ2n) is 4.33. The predicted molar refractivity (Wildman–Crippen MR) is 76.4 cm³/mol. The summed E-state index contributed by atoms with van der Waals surface area (Å²) in [5.41, 5.74) is 0.423. The SMILES string of the molecule is FC(F)(F)c1ccc2oc(Nc3ccc(Br)cc3)nc2c1. The molecule has 0 aliphatic rings. The number of hydrogen-bond donors (Lipinski definition) is 1. The molecule has 7 heteroatoms. The molecule has 0 unspecified atom stereocenters. The number of halogens is 4. The summed E-state index contributed by atoms with van der Waals surface area (Å²) >= 11 is 3.31. The molecular formula is C14H8BrF3N2O. The first kappa shape index (κ1) is 13.9. The van der Waals surface area contributed by atoms with Crippen molar-refractivity contribution in [2.45, 2.75) is 6.18 Å². The zero-order valence-corrected chi connectivity index (χ0v) is 12.0. The molecule has 0 spiro atoms. The van der Waals surface area contributed by atoms with Gasteiger partial charge in [-0.2, -0.15) is 18.2 Å². The molecule has 0 saturated heterocycles. The Hall–Kier alpha value is -2.02. The fourth-order valence-corrected chi connectivity index (χ4v) is 2.08. The van der Waals surface area contributed by atoms with Gasteiger partial charge < -0.3 is 9.73 Å². The Morgan fingerprint density at radius 1 is 1.05 bits per heavy atom. The maximum Gasteiger partial charge on any atom is 0.416 e. The van der Waals surface area contributed by atoms with Gasteiger partial charge in [0.1, 0.15) is 5.52 Å². The lowest BCUT2D eigenvalue weighted by molar-refractivity contribution is -0.137. The highest BCUT2D eigenvalue weighted by atomic mass is 79.9. The summed E-state index contributed by atoms with van der Waals surface area (Å²) < 4.78 is 44.2. The number of aromatic nitrogens is 1. The van der Waals surface area contributed by atoms with Crippen LogP contribution >= 0.6 is 15.9 Å². The highest BCUT2D eigenvalue weighted by Gasteiger charge is 2.31. The van der Waals surface area contributed by atoms with Crippen molar-refractivity contribution in [3.63, 3.8) is 0 Å². The molecule has 1 N–H and O–H groups in total. The van der Waals surface area contributed by atoms with Gasteiger partial charge in [-0.1, -0.05) is 15.9 Å². The minimum Gasteiger partial charge on any atom is -0.423 e. The number of fused-ring (bicyclic) bond motifs is 1. The van der Waals surface area contributed by atoms with E-state index in [1.54, 1.807) is 12.1 Å². The van der Waals surface area contributed by atoms with Crippen LogP contribution in [0, 0.1) is 0 Å². The van der Waals surface area contributed by atoms with Crippen molar-refractivity contribution in [1.29, 1.82) is 0 Å². The molecule has 0 amide bonds. The molecule has 0 fully saturated rings. The lowest BCUT2D eigenvalue weighted by Gasteiger charge is -2.04. The van der Waals surface area contributed by atoms with Crippen molar-refractivity contribution in [3.8, 4) is 0 Å². The number of anilines is 2. The lowest BCUT2D eigenvalue weighted by Crippen LogP contribution is -2.03. The quantitative estimate of drug-likeness (QED) is 0.672. The van der Waals surface area contributed by atoms with E-state index in [1.807, 2.05) is 12.1 Å². The molecule has 2 aromatic carbocycles. The molecule has 108 valence electrons. The monoisotopic (exact) mass is 356 g/mol. The standard InChI is InChI=1S/C14H8BrF3N2O/c15-9-2-4-10(5-3-9)19-13-20-11-7-8(14(16,17)18)1-6-12(11)21-13/h1-7H,(H,19,20). The summed E-state index contributed by atoms with van der Waals surface area (Å²) in [6, 6.07) is 10.6. The normalized spacial score (nSPS) is 11.8. The number of hydrogen-bond acceptors (Lipinski definition) is 3. The van der Waals surface area contributed by atoms with E-state index in [0.717, 1.165) is 22.3 Å². The van der Waals surface area contributed by atoms with E-state index in [2.05, 4.69) is 26.2 Å². The van der Waals surface area contributed by atoms with Gasteiger partial charge in [0.15, 0.2) is 5.58 Å². The molecule has 21 heavy (non-hydrogen) atoms. The maximum atomic E-state index is 12.6. The van der Waals surface area contributed by atoms with E-state index in [9.17, 15) is 13.2 Å². The van der Waals surface area contributed by atoms with Crippen LogP contribution in [-0.4, -0.2) is 4.98 Å². The summed E-state index contributed by atoms with van der Waals surface area (Å²) in [7, 11) is 0. The second-order valence-corrected chi connectivity index (χ2v) is 5.25. The van der Waals surface area contributed by atoms with Crippen LogP contribution in [0.5, 0.6) is 0 Å². The van der Waals surface area contributed by atoms with Crippen molar-refractivity contribution >= 4 is 38.7 Å². The molecule has 0 atom stereocenters. The Bertz CT molecular complexity index is 781. The summed E-state index contributed by atoms with van der Waals surface area (Å²) in [6.45, 7) is 0. The Labute approximate surface area is 125 Å². The number of alkyl halides is 3. The van der Waals surface area contributed by atoms with E-state index in [4.69, 9.17) is 4.42 Å². The van der Waals surface area contributed by atoms with Crippen molar-refractivity contribution < 1.29 is 17.6 Å². The molecule has 3 aromatic rings. The molecule has 0 aliphatic carbocycles. The average Bonchev–Trinajstić information content (AvgIpc) is 2.81. The number of benzene rings is 2. The molecular weight excluding hydrogens is 349 g/mol. The Balaban J connectivity index is 1.92. The van der Waals surface area contributed by atoms with E-state index in [-0.39, 0.29) is 11.5 Å². The van der Waals surface area contributed by atoms with Crippen LogP contribution in [0.15, 0.2) is 51.4 Å². The molecule has 0 radical (unpaired) electrons. The van der Waals surface area contributed by atoms with Crippen LogP contribution in [0.2, 0.25) is 0 Å². The topological polar surface area (TPSA) is 38.1 Å². The zero-order chi connectivity index (χ0) is 15.0. The van der Waals surface area contributed by atoms with Crippen LogP contribution in [0.3, 0.4) is 0 Å². The first-order chi connectivity index (χ1) is 9.91. The van der Waals surface area contributed by atoms with E-state index in [0.29, 0.717) is 5.58 Å². The van der Waals surface area contributed by atoms with Crippen LogP contribution in [0.4, 0.5) is 24.9 Å². The Morgan fingerprint density at radius 3 is 2.43 bits per heavy atom. The summed E-state index contributed by atoms with van der Waals surface area (Å²) in [6.07, 6.45) is -4.40. The van der Waals surface area contributed by atoms with Gasteiger partial charge in [0.05, 0.1) is 5.56 Å². The van der Waals surface area contributed by atoms with Crippen LogP contribution < -0.4 is 5.32 Å². The van der Waals surface area contributed by atoms with Gasteiger partial charge in [-0.15, -0.1) is 0 Å². The number of rotatable bonds is 2. The predicted octanol–water partition coefficient (Wildman–Crippen LogP) is 5.35. The average molecular weight is 357 g/mol.